The Kier molecular flexibility index (Phi) is 2.75. The molecule has 0 aliphatic carbocycles. The number of hydrogen-bond donors (Lipinski definition) is 1. The summed E-state index contributed by atoms with van der Waals surface area (Å²) in [6.07, 6.45) is 3.62. The van der Waals surface area contributed by atoms with Crippen molar-refractivity contribution in [1.82, 2.24) is 14.5 Å². The number of pyridine rings is 1. The van der Waals surface area contributed by atoms with Crippen molar-refractivity contribution in [2.75, 3.05) is 0 Å². The molecule has 0 fully saturated rings. The van der Waals surface area contributed by atoms with Crippen molar-refractivity contribution in [3.05, 3.63) is 41.1 Å². The fourth-order valence-electron chi connectivity index (χ4n) is 1.70. The quantitative estimate of drug-likeness (QED) is 0.830. The number of aryl methyl sites for hydroxylation is 2. The first-order valence-electron chi connectivity index (χ1n) is 5.30. The van der Waals surface area contributed by atoms with Gasteiger partial charge in [0.05, 0.1) is 5.69 Å². The van der Waals surface area contributed by atoms with E-state index in [1.165, 1.54) is 0 Å². The first-order valence-corrected chi connectivity index (χ1v) is 5.30. The number of aromatic nitrogens is 3. The SMILES string of the molecule is Cc1cc(CN)cnc1-n1cnc(C)c1C. The minimum Gasteiger partial charge on any atom is -0.326 e. The molecule has 0 saturated heterocycles. The summed E-state index contributed by atoms with van der Waals surface area (Å²) >= 11 is 0. The Balaban J connectivity index is 2.52. The van der Waals surface area contributed by atoms with Gasteiger partial charge in [0.15, 0.2) is 0 Å². The highest BCUT2D eigenvalue weighted by Gasteiger charge is 2.08. The minimum atomic E-state index is 0.524. The monoisotopic (exact) mass is 216 g/mol. The Morgan fingerprint density at radius 1 is 1.25 bits per heavy atom. The van der Waals surface area contributed by atoms with Crippen LogP contribution in [0.15, 0.2) is 18.6 Å². The van der Waals surface area contributed by atoms with E-state index in [9.17, 15) is 0 Å². The van der Waals surface area contributed by atoms with E-state index in [-0.39, 0.29) is 0 Å². The standard InChI is InChI=1S/C12H16N4/c1-8-4-11(5-13)6-14-12(8)16-7-15-9(2)10(16)3/h4,6-7H,5,13H2,1-3H3. The molecular formula is C12H16N4. The van der Waals surface area contributed by atoms with Gasteiger partial charge in [0.1, 0.15) is 12.1 Å². The molecule has 0 atom stereocenters. The normalized spacial score (nSPS) is 10.8. The number of nitrogens with two attached hydrogens (primary N) is 1. The van der Waals surface area contributed by atoms with Crippen molar-refractivity contribution in [3.63, 3.8) is 0 Å². The number of imidazole rings is 1. The maximum Gasteiger partial charge on any atom is 0.140 e. The second kappa shape index (κ2) is 4.06. The zero-order chi connectivity index (χ0) is 11.7. The molecule has 2 aromatic heterocycles. The molecule has 0 saturated carbocycles. The minimum absolute atomic E-state index is 0.524. The van der Waals surface area contributed by atoms with E-state index in [2.05, 4.69) is 16.0 Å². The Labute approximate surface area is 95.1 Å². The van der Waals surface area contributed by atoms with Crippen LogP contribution in [0.1, 0.15) is 22.5 Å². The summed E-state index contributed by atoms with van der Waals surface area (Å²) in [5.41, 5.74) is 9.90. The first kappa shape index (κ1) is 10.8. The number of hydrogen-bond acceptors (Lipinski definition) is 3. The van der Waals surface area contributed by atoms with Crippen LogP contribution in [0.25, 0.3) is 5.82 Å². The summed E-state index contributed by atoms with van der Waals surface area (Å²) in [4.78, 5) is 8.71. The lowest BCUT2D eigenvalue weighted by atomic mass is 10.2. The van der Waals surface area contributed by atoms with Gasteiger partial charge in [-0.15, -0.1) is 0 Å². The Hall–Kier alpha value is -1.68. The first-order chi connectivity index (χ1) is 7.63. The summed E-state index contributed by atoms with van der Waals surface area (Å²) in [7, 11) is 0. The van der Waals surface area contributed by atoms with E-state index in [4.69, 9.17) is 5.73 Å². The van der Waals surface area contributed by atoms with Crippen molar-refractivity contribution in [1.29, 1.82) is 0 Å². The molecule has 0 aliphatic rings. The fourth-order valence-corrected chi connectivity index (χ4v) is 1.70. The maximum atomic E-state index is 5.58. The average Bonchev–Trinajstić information content (AvgIpc) is 2.60. The third kappa shape index (κ3) is 1.72. The summed E-state index contributed by atoms with van der Waals surface area (Å²) in [5.74, 6) is 0.926. The fraction of sp³-hybridized carbons (Fsp3) is 0.333. The lowest BCUT2D eigenvalue weighted by Gasteiger charge is -2.09. The molecule has 2 heterocycles. The van der Waals surface area contributed by atoms with Crippen molar-refractivity contribution in [2.45, 2.75) is 27.3 Å². The Bertz CT molecular complexity index is 514. The van der Waals surface area contributed by atoms with Crippen LogP contribution in [0.5, 0.6) is 0 Å². The summed E-state index contributed by atoms with van der Waals surface area (Å²) in [6.45, 7) is 6.60. The van der Waals surface area contributed by atoms with E-state index in [0.29, 0.717) is 6.54 Å². The molecule has 0 radical (unpaired) electrons. The van der Waals surface area contributed by atoms with E-state index in [0.717, 1.165) is 28.3 Å². The molecular weight excluding hydrogens is 200 g/mol. The van der Waals surface area contributed by atoms with Crippen molar-refractivity contribution >= 4 is 0 Å². The molecule has 2 aromatic rings. The summed E-state index contributed by atoms with van der Waals surface area (Å²) in [5, 5.41) is 0. The van der Waals surface area contributed by atoms with Crippen LogP contribution < -0.4 is 5.73 Å². The molecule has 4 heteroatoms. The van der Waals surface area contributed by atoms with Crippen molar-refractivity contribution in [2.24, 2.45) is 5.73 Å². The van der Waals surface area contributed by atoms with Crippen LogP contribution in [-0.2, 0) is 6.54 Å². The predicted octanol–water partition coefficient (Wildman–Crippen LogP) is 1.65. The highest BCUT2D eigenvalue weighted by atomic mass is 15.1. The van der Waals surface area contributed by atoms with Gasteiger partial charge >= 0.3 is 0 Å². The molecule has 0 bridgehead atoms. The van der Waals surface area contributed by atoms with Gasteiger partial charge in [0.25, 0.3) is 0 Å². The zero-order valence-electron chi connectivity index (χ0n) is 9.86. The molecule has 0 amide bonds. The Morgan fingerprint density at radius 3 is 2.50 bits per heavy atom. The molecule has 84 valence electrons. The molecule has 0 aromatic carbocycles. The van der Waals surface area contributed by atoms with Crippen molar-refractivity contribution in [3.8, 4) is 5.82 Å². The van der Waals surface area contributed by atoms with E-state index >= 15 is 0 Å². The van der Waals surface area contributed by atoms with E-state index in [1.807, 2.05) is 37.9 Å². The summed E-state index contributed by atoms with van der Waals surface area (Å²) < 4.78 is 2.00. The van der Waals surface area contributed by atoms with Gasteiger partial charge in [0, 0.05) is 18.4 Å². The van der Waals surface area contributed by atoms with Gasteiger partial charge in [0.2, 0.25) is 0 Å². The molecule has 4 nitrogen and oxygen atoms in total. The molecule has 0 spiro atoms. The number of nitrogens with zero attached hydrogens (tertiary/aromatic N) is 3. The lowest BCUT2D eigenvalue weighted by molar-refractivity contribution is 0.921. The van der Waals surface area contributed by atoms with Crippen LogP contribution in [-0.4, -0.2) is 14.5 Å². The van der Waals surface area contributed by atoms with Gasteiger partial charge in [-0.1, -0.05) is 0 Å². The second-order valence-electron chi connectivity index (χ2n) is 3.97. The Morgan fingerprint density at radius 2 is 2.00 bits per heavy atom. The number of rotatable bonds is 2. The van der Waals surface area contributed by atoms with Crippen LogP contribution >= 0.6 is 0 Å². The highest BCUT2D eigenvalue weighted by Crippen LogP contribution is 2.16. The van der Waals surface area contributed by atoms with Crippen LogP contribution in [0.3, 0.4) is 0 Å². The van der Waals surface area contributed by atoms with Gasteiger partial charge < -0.3 is 5.73 Å². The summed E-state index contributed by atoms with van der Waals surface area (Å²) in [6, 6.07) is 2.07. The highest BCUT2D eigenvalue weighted by molar-refractivity contribution is 5.37. The predicted molar refractivity (Wildman–Crippen MR) is 63.5 cm³/mol. The lowest BCUT2D eigenvalue weighted by Crippen LogP contribution is -2.04. The van der Waals surface area contributed by atoms with Gasteiger partial charge in [-0.2, -0.15) is 0 Å². The molecule has 0 unspecified atom stereocenters. The molecule has 0 aliphatic heterocycles. The van der Waals surface area contributed by atoms with Gasteiger partial charge in [-0.05, 0) is 38.0 Å². The topological polar surface area (TPSA) is 56.7 Å². The molecule has 16 heavy (non-hydrogen) atoms. The second-order valence-corrected chi connectivity index (χ2v) is 3.97. The van der Waals surface area contributed by atoms with Gasteiger partial charge in [-0.25, -0.2) is 9.97 Å². The van der Waals surface area contributed by atoms with E-state index in [1.54, 1.807) is 0 Å². The maximum absolute atomic E-state index is 5.58. The van der Waals surface area contributed by atoms with Crippen LogP contribution in [0.4, 0.5) is 0 Å². The average molecular weight is 216 g/mol. The molecule has 2 rings (SSSR count). The van der Waals surface area contributed by atoms with Gasteiger partial charge in [-0.3, -0.25) is 4.57 Å². The zero-order valence-corrected chi connectivity index (χ0v) is 9.86. The molecule has 2 N–H and O–H groups in total. The van der Waals surface area contributed by atoms with Crippen LogP contribution in [0.2, 0.25) is 0 Å². The van der Waals surface area contributed by atoms with Crippen LogP contribution in [0, 0.1) is 20.8 Å². The van der Waals surface area contributed by atoms with Crippen molar-refractivity contribution < 1.29 is 0 Å². The third-order valence-electron chi connectivity index (χ3n) is 2.82. The third-order valence-corrected chi connectivity index (χ3v) is 2.82. The van der Waals surface area contributed by atoms with E-state index < -0.39 is 0 Å². The largest absolute Gasteiger partial charge is 0.326 e. The smallest absolute Gasteiger partial charge is 0.140 e.